The summed E-state index contributed by atoms with van der Waals surface area (Å²) >= 11 is 5.87. The van der Waals surface area contributed by atoms with Gasteiger partial charge in [-0.15, -0.1) is 0 Å². The molecule has 3 aromatic carbocycles. The lowest BCUT2D eigenvalue weighted by Gasteiger charge is -2.38. The first-order valence-corrected chi connectivity index (χ1v) is 16.2. The van der Waals surface area contributed by atoms with Crippen LogP contribution in [-0.4, -0.2) is 61.4 Å². The second kappa shape index (κ2) is 13.1. The van der Waals surface area contributed by atoms with Crippen LogP contribution in [0.15, 0.2) is 76.5 Å². The molecule has 0 amide bonds. The first-order valence-electron chi connectivity index (χ1n) is 12.7. The van der Waals surface area contributed by atoms with Gasteiger partial charge < -0.3 is 9.80 Å². The number of sulfonamides is 1. The fraction of sp³-hybridized carbons (Fsp3) is 0.357. The van der Waals surface area contributed by atoms with Crippen LogP contribution >= 0.6 is 11.6 Å². The predicted molar refractivity (Wildman–Crippen MR) is 156 cm³/mol. The molecule has 0 bridgehead atoms. The first kappa shape index (κ1) is 30.9. The molecule has 1 heterocycles. The summed E-state index contributed by atoms with van der Waals surface area (Å²) in [5.41, 5.74) is 1.95. The number of para-hydroxylation sites is 1. The molecule has 1 aliphatic rings. The van der Waals surface area contributed by atoms with Crippen molar-refractivity contribution < 1.29 is 21.2 Å². The van der Waals surface area contributed by atoms with Crippen molar-refractivity contribution in [3.8, 4) is 0 Å². The van der Waals surface area contributed by atoms with E-state index in [9.17, 15) is 21.2 Å². The predicted octanol–water partition coefficient (Wildman–Crippen LogP) is 5.45. The van der Waals surface area contributed by atoms with Crippen molar-refractivity contribution in [2.24, 2.45) is 0 Å². The highest BCUT2D eigenvalue weighted by Gasteiger charge is 2.24. The number of benzene rings is 3. The van der Waals surface area contributed by atoms with Gasteiger partial charge in [-0.25, -0.2) is 25.5 Å². The maximum absolute atomic E-state index is 14.4. The summed E-state index contributed by atoms with van der Waals surface area (Å²) < 4.78 is 66.4. The van der Waals surface area contributed by atoms with Gasteiger partial charge in [-0.2, -0.15) is 0 Å². The SMILES string of the molecule is CCC.CN(C)S(=O)(=O)c1ccc(S(=O)(=O)Cc2ccccc2N2CCN(c3ccc(Cl)cc3F)CC2)cc1. The Morgan fingerprint density at radius 1 is 0.795 bits per heavy atom. The average molecular weight is 596 g/mol. The minimum Gasteiger partial charge on any atom is -0.368 e. The van der Waals surface area contributed by atoms with Gasteiger partial charge in [0.05, 0.1) is 21.2 Å². The Balaban J connectivity index is 0.00000134. The minimum absolute atomic E-state index is 0.0295. The van der Waals surface area contributed by atoms with E-state index < -0.39 is 19.9 Å². The largest absolute Gasteiger partial charge is 0.368 e. The van der Waals surface area contributed by atoms with Crippen LogP contribution in [-0.2, 0) is 25.6 Å². The van der Waals surface area contributed by atoms with Gasteiger partial charge >= 0.3 is 0 Å². The quantitative estimate of drug-likeness (QED) is 0.362. The van der Waals surface area contributed by atoms with E-state index in [1.54, 1.807) is 24.3 Å². The van der Waals surface area contributed by atoms with E-state index in [1.165, 1.54) is 50.8 Å². The first-order chi connectivity index (χ1) is 18.4. The highest BCUT2D eigenvalue weighted by atomic mass is 35.5. The van der Waals surface area contributed by atoms with Crippen molar-refractivity contribution in [1.29, 1.82) is 0 Å². The molecule has 0 aromatic heterocycles. The maximum Gasteiger partial charge on any atom is 0.242 e. The number of hydrogen-bond donors (Lipinski definition) is 0. The summed E-state index contributed by atoms with van der Waals surface area (Å²) in [4.78, 5) is 4.13. The Hall–Kier alpha value is -2.66. The zero-order valence-electron chi connectivity index (χ0n) is 22.6. The second-order valence-corrected chi connectivity index (χ2v) is 14.0. The van der Waals surface area contributed by atoms with E-state index in [4.69, 9.17) is 11.6 Å². The number of sulfone groups is 1. The molecule has 0 spiro atoms. The lowest BCUT2D eigenvalue weighted by atomic mass is 10.1. The highest BCUT2D eigenvalue weighted by Crippen LogP contribution is 2.29. The van der Waals surface area contributed by atoms with Crippen LogP contribution in [0.25, 0.3) is 0 Å². The van der Waals surface area contributed by atoms with E-state index in [0.717, 1.165) is 9.99 Å². The van der Waals surface area contributed by atoms with Gasteiger partial charge in [0, 0.05) is 51.0 Å². The fourth-order valence-electron chi connectivity index (χ4n) is 4.19. The third-order valence-corrected chi connectivity index (χ3v) is 9.92. The van der Waals surface area contributed by atoms with Crippen LogP contribution in [0.2, 0.25) is 5.02 Å². The van der Waals surface area contributed by atoms with Crippen LogP contribution in [0.4, 0.5) is 15.8 Å². The molecular weight excluding hydrogens is 561 g/mol. The Labute approximate surface area is 236 Å². The van der Waals surface area contributed by atoms with E-state index in [2.05, 4.69) is 18.7 Å². The molecule has 212 valence electrons. The number of anilines is 2. The summed E-state index contributed by atoms with van der Waals surface area (Å²) in [5, 5.41) is 0.346. The number of rotatable bonds is 7. The molecule has 0 N–H and O–H groups in total. The van der Waals surface area contributed by atoms with Gasteiger partial charge in [-0.1, -0.05) is 50.1 Å². The van der Waals surface area contributed by atoms with Crippen LogP contribution < -0.4 is 9.80 Å². The smallest absolute Gasteiger partial charge is 0.242 e. The van der Waals surface area contributed by atoms with E-state index in [1.807, 2.05) is 17.0 Å². The molecule has 0 unspecified atom stereocenters. The van der Waals surface area contributed by atoms with Gasteiger partial charge in [-0.3, -0.25) is 0 Å². The molecular formula is C28H35ClFN3O4S2. The van der Waals surface area contributed by atoms with E-state index >= 15 is 0 Å². The maximum atomic E-state index is 14.4. The van der Waals surface area contributed by atoms with Crippen molar-refractivity contribution in [2.75, 3.05) is 50.1 Å². The lowest BCUT2D eigenvalue weighted by Crippen LogP contribution is -2.47. The van der Waals surface area contributed by atoms with Gasteiger partial charge in [0.25, 0.3) is 0 Å². The molecule has 4 rings (SSSR count). The summed E-state index contributed by atoms with van der Waals surface area (Å²) in [7, 11) is -4.54. The summed E-state index contributed by atoms with van der Waals surface area (Å²) in [6.07, 6.45) is 1.25. The molecule has 39 heavy (non-hydrogen) atoms. The number of piperazine rings is 1. The Kier molecular flexibility index (Phi) is 10.4. The lowest BCUT2D eigenvalue weighted by molar-refractivity contribution is 0.520. The summed E-state index contributed by atoms with van der Waals surface area (Å²) in [6.45, 7) is 6.58. The molecule has 1 saturated heterocycles. The average Bonchev–Trinajstić information content (AvgIpc) is 2.89. The van der Waals surface area contributed by atoms with Crippen molar-refractivity contribution >= 4 is 42.8 Å². The molecule has 1 fully saturated rings. The van der Waals surface area contributed by atoms with Crippen LogP contribution in [0, 0.1) is 5.82 Å². The topological polar surface area (TPSA) is 78.0 Å². The van der Waals surface area contributed by atoms with Gasteiger partial charge in [0.2, 0.25) is 10.0 Å². The third kappa shape index (κ3) is 7.51. The third-order valence-electron chi connectivity index (χ3n) is 6.17. The monoisotopic (exact) mass is 595 g/mol. The number of halogens is 2. The molecule has 0 saturated carbocycles. The molecule has 0 radical (unpaired) electrons. The number of nitrogens with zero attached hydrogens (tertiary/aromatic N) is 3. The number of hydrogen-bond acceptors (Lipinski definition) is 6. The van der Waals surface area contributed by atoms with Crippen molar-refractivity contribution in [3.05, 3.63) is 83.1 Å². The van der Waals surface area contributed by atoms with Gasteiger partial charge in [-0.05, 0) is 54.1 Å². The van der Waals surface area contributed by atoms with Crippen molar-refractivity contribution in [1.82, 2.24) is 4.31 Å². The Bertz CT molecular complexity index is 1470. The molecule has 0 atom stereocenters. The second-order valence-electron chi connectivity index (χ2n) is 9.42. The summed E-state index contributed by atoms with van der Waals surface area (Å²) in [5.74, 6) is -0.596. The Morgan fingerprint density at radius 3 is 1.85 bits per heavy atom. The molecule has 3 aromatic rings. The van der Waals surface area contributed by atoms with E-state index in [0.29, 0.717) is 42.5 Å². The Morgan fingerprint density at radius 2 is 1.31 bits per heavy atom. The molecule has 1 aliphatic heterocycles. The molecule has 0 aliphatic carbocycles. The zero-order valence-corrected chi connectivity index (χ0v) is 25.0. The molecule has 11 heteroatoms. The normalized spacial score (nSPS) is 14.2. The van der Waals surface area contributed by atoms with Gasteiger partial charge in [0.1, 0.15) is 5.82 Å². The van der Waals surface area contributed by atoms with E-state index in [-0.39, 0.29) is 21.4 Å². The zero-order chi connectivity index (χ0) is 28.8. The highest BCUT2D eigenvalue weighted by molar-refractivity contribution is 7.90. The van der Waals surface area contributed by atoms with Crippen LogP contribution in [0.1, 0.15) is 25.8 Å². The summed E-state index contributed by atoms with van der Waals surface area (Å²) in [6, 6.07) is 17.2. The molecule has 7 nitrogen and oxygen atoms in total. The van der Waals surface area contributed by atoms with Crippen LogP contribution in [0.3, 0.4) is 0 Å². The van der Waals surface area contributed by atoms with Crippen molar-refractivity contribution in [3.63, 3.8) is 0 Å². The fourth-order valence-corrected chi connectivity index (χ4v) is 6.62. The minimum atomic E-state index is -3.73. The van der Waals surface area contributed by atoms with Crippen molar-refractivity contribution in [2.45, 2.75) is 35.8 Å². The van der Waals surface area contributed by atoms with Gasteiger partial charge in [0.15, 0.2) is 9.84 Å². The standard InChI is InChI=1S/C25H27ClFN3O4S2.C3H8/c1-28(2)36(33,34)22-10-8-21(9-11-22)35(31,32)18-19-5-3-4-6-24(19)29-13-15-30(16-14-29)25-12-7-20(26)17-23(25)27;1-3-2/h3-12,17H,13-16,18H2,1-2H3;3H2,1-2H3. The van der Waals surface area contributed by atoms with Crippen LogP contribution in [0.5, 0.6) is 0 Å².